The zero-order chi connectivity index (χ0) is 17.5. The maximum atomic E-state index is 12.9. The number of aryl methyl sites for hydroxylation is 1. The molecule has 1 atom stereocenters. The molecule has 0 fully saturated rings. The van der Waals surface area contributed by atoms with Gasteiger partial charge in [-0.2, -0.15) is 13.2 Å². The number of urea groups is 1. The first-order valence-electron chi connectivity index (χ1n) is 6.60. The molecule has 0 saturated heterocycles. The number of aliphatic hydroxyl groups is 1. The molecule has 1 heterocycles. The van der Waals surface area contributed by atoms with Crippen molar-refractivity contribution in [3.63, 3.8) is 0 Å². The number of anilines is 1. The number of hydrogen-bond acceptors (Lipinski definition) is 5. The first-order valence-corrected chi connectivity index (χ1v) is 6.60. The van der Waals surface area contributed by atoms with Gasteiger partial charge in [0.05, 0.1) is 37.5 Å². The summed E-state index contributed by atoms with van der Waals surface area (Å²) < 4.78 is 43.4. The second-order valence-electron chi connectivity index (χ2n) is 4.51. The topological polar surface area (TPSA) is 96.4 Å². The molecule has 0 spiro atoms. The number of ether oxygens (including phenoxy) is 1. The Labute approximate surface area is 130 Å². The van der Waals surface area contributed by atoms with Crippen molar-refractivity contribution >= 4 is 11.7 Å². The van der Waals surface area contributed by atoms with Gasteiger partial charge in [-0.1, -0.05) is 0 Å². The molecule has 0 bridgehead atoms. The number of nitrogens with one attached hydrogen (secondary N) is 2. The van der Waals surface area contributed by atoms with Crippen molar-refractivity contribution in [1.82, 2.24) is 15.3 Å². The lowest BCUT2D eigenvalue weighted by atomic mass is 10.0. The molecular formula is C13H17F3N4O3. The number of nitrogens with zero attached hydrogens (tertiary/aromatic N) is 2. The molecule has 1 aromatic rings. The van der Waals surface area contributed by atoms with Crippen LogP contribution in [-0.4, -0.2) is 46.0 Å². The first kappa shape index (κ1) is 18.7. The van der Waals surface area contributed by atoms with Gasteiger partial charge in [0, 0.05) is 0 Å². The molecule has 0 radical (unpaired) electrons. The highest BCUT2D eigenvalue weighted by atomic mass is 19.4. The molecule has 3 N–H and O–H groups in total. The van der Waals surface area contributed by atoms with E-state index >= 15 is 0 Å². The minimum Gasteiger partial charge on any atom is -0.502 e. The summed E-state index contributed by atoms with van der Waals surface area (Å²) in [6, 6.07) is -0.940. The summed E-state index contributed by atoms with van der Waals surface area (Å²) in [6.07, 6.45) is -1.22. The predicted octanol–water partition coefficient (Wildman–Crippen LogP) is 1.75. The van der Waals surface area contributed by atoms with E-state index in [0.29, 0.717) is 11.9 Å². The molecule has 128 valence electrons. The molecule has 10 heteroatoms. The number of aromatic nitrogens is 2. The fraction of sp³-hybridized carbons (Fsp3) is 0.462. The van der Waals surface area contributed by atoms with E-state index in [1.54, 1.807) is 13.8 Å². The van der Waals surface area contributed by atoms with Crippen LogP contribution in [-0.2, 0) is 4.74 Å². The maximum absolute atomic E-state index is 12.9. The van der Waals surface area contributed by atoms with E-state index in [4.69, 9.17) is 0 Å². The molecule has 0 saturated carbocycles. The van der Waals surface area contributed by atoms with Crippen LogP contribution in [0.25, 0.3) is 0 Å². The molecule has 1 aromatic heterocycles. The fourth-order valence-corrected chi connectivity index (χ4v) is 1.36. The van der Waals surface area contributed by atoms with Gasteiger partial charge in [-0.05, 0) is 19.9 Å². The molecule has 0 aliphatic heterocycles. The Balaban J connectivity index is 2.66. The van der Waals surface area contributed by atoms with Crippen molar-refractivity contribution in [2.75, 3.05) is 18.5 Å². The monoisotopic (exact) mass is 334 g/mol. The molecule has 1 rings (SSSR count). The molecule has 0 aromatic carbocycles. The van der Waals surface area contributed by atoms with E-state index in [1.807, 2.05) is 5.32 Å². The van der Waals surface area contributed by atoms with Crippen LogP contribution in [0.2, 0.25) is 0 Å². The largest absolute Gasteiger partial charge is 0.502 e. The Hall–Kier alpha value is -2.36. The van der Waals surface area contributed by atoms with Crippen LogP contribution in [0, 0.1) is 6.92 Å². The minimum absolute atomic E-state index is 0.145. The van der Waals surface area contributed by atoms with E-state index in [-0.39, 0.29) is 12.3 Å². The number of hydrogen-bond donors (Lipinski definition) is 3. The van der Waals surface area contributed by atoms with E-state index in [1.165, 1.54) is 12.4 Å². The summed E-state index contributed by atoms with van der Waals surface area (Å²) in [5, 5.41) is 13.9. The van der Waals surface area contributed by atoms with Gasteiger partial charge in [0.2, 0.25) is 0 Å². The third-order valence-electron chi connectivity index (χ3n) is 2.65. The van der Waals surface area contributed by atoms with Crippen molar-refractivity contribution in [3.8, 4) is 0 Å². The Kier molecular flexibility index (Phi) is 6.31. The van der Waals surface area contributed by atoms with Crippen molar-refractivity contribution in [2.24, 2.45) is 0 Å². The average molecular weight is 334 g/mol. The van der Waals surface area contributed by atoms with Crippen molar-refractivity contribution in [1.29, 1.82) is 0 Å². The predicted molar refractivity (Wildman–Crippen MR) is 75.6 cm³/mol. The Bertz CT molecular complexity index is 548. The van der Waals surface area contributed by atoms with Crippen molar-refractivity contribution < 1.29 is 27.8 Å². The summed E-state index contributed by atoms with van der Waals surface area (Å²) in [7, 11) is 0. The van der Waals surface area contributed by atoms with E-state index in [9.17, 15) is 23.1 Å². The standard InChI is InChI=1S/C13H17F3N4O3/c1-3-23-5-4-12(22,13(14,15)16)8-19-11(21)20-10-6-17-9(2)18-7-10/h4-7,22H,3,8H2,1-2H3,(H2,19,20,21)/b5-4+. The number of carbonyl (C=O) groups is 1. The van der Waals surface area contributed by atoms with Crippen LogP contribution in [0.4, 0.5) is 23.7 Å². The highest BCUT2D eigenvalue weighted by Gasteiger charge is 2.52. The van der Waals surface area contributed by atoms with E-state index < -0.39 is 24.4 Å². The second kappa shape index (κ2) is 7.77. The second-order valence-corrected chi connectivity index (χ2v) is 4.51. The fourth-order valence-electron chi connectivity index (χ4n) is 1.36. The third kappa shape index (κ3) is 5.74. The Morgan fingerprint density at radius 3 is 2.52 bits per heavy atom. The summed E-state index contributed by atoms with van der Waals surface area (Å²) in [6.45, 7) is 2.27. The van der Waals surface area contributed by atoms with Gasteiger partial charge in [-0.15, -0.1) is 0 Å². The zero-order valence-corrected chi connectivity index (χ0v) is 12.5. The average Bonchev–Trinajstić information content (AvgIpc) is 2.47. The van der Waals surface area contributed by atoms with Crippen LogP contribution in [0.5, 0.6) is 0 Å². The summed E-state index contributed by atoms with van der Waals surface area (Å²) >= 11 is 0. The van der Waals surface area contributed by atoms with Gasteiger partial charge in [0.1, 0.15) is 5.82 Å². The highest BCUT2D eigenvalue weighted by Crippen LogP contribution is 2.31. The van der Waals surface area contributed by atoms with E-state index in [2.05, 4.69) is 20.0 Å². The normalized spacial score (nSPS) is 14.3. The van der Waals surface area contributed by atoms with Gasteiger partial charge in [0.15, 0.2) is 5.60 Å². The smallest absolute Gasteiger partial charge is 0.422 e. The molecule has 0 aliphatic rings. The zero-order valence-electron chi connectivity index (χ0n) is 12.5. The van der Waals surface area contributed by atoms with Crippen molar-refractivity contribution in [3.05, 3.63) is 30.6 Å². The molecule has 0 aliphatic carbocycles. The summed E-state index contributed by atoms with van der Waals surface area (Å²) in [5.74, 6) is 0.475. The van der Waals surface area contributed by atoms with Gasteiger partial charge >= 0.3 is 12.2 Å². The third-order valence-corrected chi connectivity index (χ3v) is 2.65. The quantitative estimate of drug-likeness (QED) is 0.689. The number of rotatable bonds is 6. The van der Waals surface area contributed by atoms with Gasteiger partial charge < -0.3 is 20.5 Å². The summed E-state index contributed by atoms with van der Waals surface area (Å²) in [5.41, 5.74) is -3.04. The lowest BCUT2D eigenvalue weighted by Crippen LogP contribution is -2.52. The van der Waals surface area contributed by atoms with Crippen molar-refractivity contribution in [2.45, 2.75) is 25.6 Å². The van der Waals surface area contributed by atoms with Crippen LogP contribution >= 0.6 is 0 Å². The SMILES string of the molecule is CCO/C=C/C(O)(CNC(=O)Nc1cnc(C)nc1)C(F)(F)F. The van der Waals surface area contributed by atoms with Crippen LogP contribution in [0.3, 0.4) is 0 Å². The van der Waals surface area contributed by atoms with Gasteiger partial charge in [-0.25, -0.2) is 14.8 Å². The minimum atomic E-state index is -4.99. The number of alkyl halides is 3. The van der Waals surface area contributed by atoms with Gasteiger partial charge in [-0.3, -0.25) is 0 Å². The maximum Gasteiger partial charge on any atom is 0.422 e. The summed E-state index contributed by atoms with van der Waals surface area (Å²) in [4.78, 5) is 19.2. The Morgan fingerprint density at radius 2 is 2.00 bits per heavy atom. The lowest BCUT2D eigenvalue weighted by molar-refractivity contribution is -0.237. The molecular weight excluding hydrogens is 317 g/mol. The first-order chi connectivity index (χ1) is 10.7. The number of amides is 2. The van der Waals surface area contributed by atoms with Crippen LogP contribution in [0.15, 0.2) is 24.7 Å². The van der Waals surface area contributed by atoms with E-state index in [0.717, 1.165) is 6.26 Å². The molecule has 7 nitrogen and oxygen atoms in total. The highest BCUT2D eigenvalue weighted by molar-refractivity contribution is 5.88. The molecule has 23 heavy (non-hydrogen) atoms. The number of halogens is 3. The molecule has 2 amide bonds. The Morgan fingerprint density at radius 1 is 1.39 bits per heavy atom. The van der Waals surface area contributed by atoms with Crippen LogP contribution in [0.1, 0.15) is 12.7 Å². The van der Waals surface area contributed by atoms with Crippen LogP contribution < -0.4 is 10.6 Å². The number of carbonyl (C=O) groups excluding carboxylic acids is 1. The van der Waals surface area contributed by atoms with Gasteiger partial charge in [0.25, 0.3) is 0 Å². The lowest BCUT2D eigenvalue weighted by Gasteiger charge is -2.27. The molecule has 1 unspecified atom stereocenters.